The van der Waals surface area contributed by atoms with Gasteiger partial charge in [-0.3, -0.25) is 0 Å². The quantitative estimate of drug-likeness (QED) is 0.866. The van der Waals surface area contributed by atoms with Gasteiger partial charge < -0.3 is 10.6 Å². The fourth-order valence-corrected chi connectivity index (χ4v) is 2.49. The largest absolute Gasteiger partial charge is 0.341 e. The van der Waals surface area contributed by atoms with Crippen LogP contribution in [-0.4, -0.2) is 22.4 Å². The second kappa shape index (κ2) is 6.47. The highest BCUT2D eigenvalue weighted by molar-refractivity contribution is 7.09. The first-order chi connectivity index (χ1) is 8.83. The van der Waals surface area contributed by atoms with Crippen molar-refractivity contribution in [3.8, 4) is 0 Å². The highest BCUT2D eigenvalue weighted by Crippen LogP contribution is 2.19. The molecule has 18 heavy (non-hydrogen) atoms. The molecule has 5 heteroatoms. The van der Waals surface area contributed by atoms with Gasteiger partial charge in [-0.05, 0) is 5.56 Å². The maximum Gasteiger partial charge on any atom is 0.205 e. The van der Waals surface area contributed by atoms with Gasteiger partial charge >= 0.3 is 0 Å². The van der Waals surface area contributed by atoms with E-state index in [1.165, 1.54) is 17.1 Å². The van der Waals surface area contributed by atoms with Crippen LogP contribution in [0.25, 0.3) is 0 Å². The molecule has 1 heterocycles. The number of nitrogens with zero attached hydrogens (tertiary/aromatic N) is 3. The van der Waals surface area contributed by atoms with Crippen LogP contribution in [0.5, 0.6) is 0 Å². The number of hydrogen-bond acceptors (Lipinski definition) is 5. The molecule has 0 aliphatic heterocycles. The Labute approximate surface area is 112 Å². The highest BCUT2D eigenvalue weighted by Gasteiger charge is 2.11. The van der Waals surface area contributed by atoms with Crippen molar-refractivity contribution < 1.29 is 0 Å². The molecule has 0 radical (unpaired) electrons. The second-order valence-electron chi connectivity index (χ2n) is 4.04. The lowest BCUT2D eigenvalue weighted by atomic mass is 10.2. The van der Waals surface area contributed by atoms with E-state index >= 15 is 0 Å². The highest BCUT2D eigenvalue weighted by atomic mass is 32.1. The summed E-state index contributed by atoms with van der Waals surface area (Å²) in [5.74, 6) is 0.907. The molecule has 2 aromatic rings. The van der Waals surface area contributed by atoms with Gasteiger partial charge in [-0.1, -0.05) is 37.3 Å². The molecule has 0 fully saturated rings. The number of aromatic nitrogens is 2. The maximum absolute atomic E-state index is 5.67. The molecule has 0 spiro atoms. The Hall–Kier alpha value is -1.46. The van der Waals surface area contributed by atoms with Gasteiger partial charge in [0.1, 0.15) is 5.82 Å². The molecule has 2 N–H and O–H groups in total. The summed E-state index contributed by atoms with van der Waals surface area (Å²) in [7, 11) is 0. The minimum atomic E-state index is 0.619. The molecule has 0 aliphatic carbocycles. The van der Waals surface area contributed by atoms with Crippen LogP contribution in [0.3, 0.4) is 0 Å². The van der Waals surface area contributed by atoms with Gasteiger partial charge in [0.15, 0.2) is 0 Å². The van der Waals surface area contributed by atoms with Crippen molar-refractivity contribution in [2.75, 3.05) is 18.0 Å². The van der Waals surface area contributed by atoms with Crippen LogP contribution >= 0.6 is 11.5 Å². The van der Waals surface area contributed by atoms with Crippen molar-refractivity contribution in [1.82, 2.24) is 9.36 Å². The van der Waals surface area contributed by atoms with Crippen LogP contribution in [0.4, 0.5) is 5.13 Å². The minimum absolute atomic E-state index is 0.619. The van der Waals surface area contributed by atoms with Gasteiger partial charge in [0, 0.05) is 37.6 Å². The van der Waals surface area contributed by atoms with Crippen molar-refractivity contribution in [3.63, 3.8) is 0 Å². The third kappa shape index (κ3) is 3.27. The third-order valence-corrected chi connectivity index (χ3v) is 3.47. The molecule has 1 aromatic carbocycles. The van der Waals surface area contributed by atoms with Crippen molar-refractivity contribution >= 4 is 16.7 Å². The normalized spacial score (nSPS) is 10.6. The maximum atomic E-state index is 5.67. The van der Waals surface area contributed by atoms with Crippen LogP contribution in [-0.2, 0) is 13.0 Å². The van der Waals surface area contributed by atoms with Gasteiger partial charge in [-0.25, -0.2) is 4.98 Å². The summed E-state index contributed by atoms with van der Waals surface area (Å²) in [5, 5.41) is 0.959. The SMILES string of the molecule is CCc1nsc(N(CCN)Cc2ccccc2)n1. The monoisotopic (exact) mass is 262 g/mol. The van der Waals surface area contributed by atoms with E-state index in [1.807, 2.05) is 18.2 Å². The summed E-state index contributed by atoms with van der Waals surface area (Å²) in [4.78, 5) is 6.71. The average molecular weight is 262 g/mol. The topological polar surface area (TPSA) is 55.0 Å². The number of benzene rings is 1. The van der Waals surface area contributed by atoms with Crippen molar-refractivity contribution in [3.05, 3.63) is 41.7 Å². The zero-order chi connectivity index (χ0) is 12.8. The Kier molecular flexibility index (Phi) is 4.66. The Morgan fingerprint density at radius 3 is 2.67 bits per heavy atom. The lowest BCUT2D eigenvalue weighted by Crippen LogP contribution is -2.28. The zero-order valence-electron chi connectivity index (χ0n) is 10.5. The van der Waals surface area contributed by atoms with Crippen molar-refractivity contribution in [2.45, 2.75) is 19.9 Å². The lowest BCUT2D eigenvalue weighted by Gasteiger charge is -2.20. The van der Waals surface area contributed by atoms with Crippen LogP contribution in [0.1, 0.15) is 18.3 Å². The first-order valence-corrected chi connectivity index (χ1v) is 6.92. The lowest BCUT2D eigenvalue weighted by molar-refractivity contribution is 0.782. The van der Waals surface area contributed by atoms with Crippen LogP contribution < -0.4 is 10.6 Å². The number of aryl methyl sites for hydroxylation is 1. The van der Waals surface area contributed by atoms with E-state index < -0.39 is 0 Å². The Morgan fingerprint density at radius 1 is 1.28 bits per heavy atom. The van der Waals surface area contributed by atoms with Crippen LogP contribution in [0.2, 0.25) is 0 Å². The van der Waals surface area contributed by atoms with Crippen LogP contribution in [0.15, 0.2) is 30.3 Å². The van der Waals surface area contributed by atoms with E-state index in [1.54, 1.807) is 0 Å². The predicted octanol–water partition coefficient (Wildman–Crippen LogP) is 2.07. The summed E-state index contributed by atoms with van der Waals surface area (Å²) in [6.07, 6.45) is 0.873. The van der Waals surface area contributed by atoms with Crippen molar-refractivity contribution in [2.24, 2.45) is 5.73 Å². The minimum Gasteiger partial charge on any atom is -0.341 e. The molecule has 0 saturated carbocycles. The number of rotatable bonds is 6. The van der Waals surface area contributed by atoms with E-state index in [0.29, 0.717) is 6.54 Å². The summed E-state index contributed by atoms with van der Waals surface area (Å²) in [5.41, 5.74) is 6.94. The Bertz CT molecular complexity index is 469. The predicted molar refractivity (Wildman–Crippen MR) is 75.8 cm³/mol. The Morgan fingerprint density at radius 2 is 2.06 bits per heavy atom. The standard InChI is InChI=1S/C13H18N4S/c1-2-12-15-13(18-16-12)17(9-8-14)10-11-6-4-3-5-7-11/h3-7H,2,8-10,14H2,1H3. The average Bonchev–Trinajstić information content (AvgIpc) is 2.88. The molecule has 1 aromatic heterocycles. The van der Waals surface area contributed by atoms with E-state index in [0.717, 1.165) is 30.5 Å². The number of hydrogen-bond donors (Lipinski definition) is 1. The summed E-state index contributed by atoms with van der Waals surface area (Å²) < 4.78 is 4.33. The molecule has 0 amide bonds. The molecule has 4 nitrogen and oxygen atoms in total. The zero-order valence-corrected chi connectivity index (χ0v) is 11.4. The molecule has 0 unspecified atom stereocenters. The Balaban J connectivity index is 2.12. The molecule has 0 bridgehead atoms. The van der Waals surface area contributed by atoms with Crippen LogP contribution in [0, 0.1) is 0 Å². The molecule has 0 aliphatic rings. The van der Waals surface area contributed by atoms with Gasteiger partial charge in [-0.2, -0.15) is 4.37 Å². The summed E-state index contributed by atoms with van der Waals surface area (Å²) >= 11 is 1.45. The number of nitrogens with two attached hydrogens (primary N) is 1. The summed E-state index contributed by atoms with van der Waals surface area (Å²) in [6.45, 7) is 4.31. The van der Waals surface area contributed by atoms with Gasteiger partial charge in [0.05, 0.1) is 0 Å². The fraction of sp³-hybridized carbons (Fsp3) is 0.385. The molecule has 96 valence electrons. The summed E-state index contributed by atoms with van der Waals surface area (Å²) in [6, 6.07) is 10.4. The van der Waals surface area contributed by atoms with Gasteiger partial charge in [-0.15, -0.1) is 0 Å². The molecule has 0 atom stereocenters. The smallest absolute Gasteiger partial charge is 0.205 e. The second-order valence-corrected chi connectivity index (χ2v) is 4.77. The van der Waals surface area contributed by atoms with Crippen molar-refractivity contribution in [1.29, 1.82) is 0 Å². The molecule has 2 rings (SSSR count). The first kappa shape index (κ1) is 13.0. The molecular formula is C13H18N4S. The number of anilines is 1. The van der Waals surface area contributed by atoms with E-state index in [4.69, 9.17) is 5.73 Å². The van der Waals surface area contributed by atoms with Gasteiger partial charge in [0.25, 0.3) is 0 Å². The first-order valence-electron chi connectivity index (χ1n) is 6.15. The van der Waals surface area contributed by atoms with Gasteiger partial charge in [0.2, 0.25) is 5.13 Å². The molecule has 0 saturated heterocycles. The van der Waals surface area contributed by atoms with E-state index in [9.17, 15) is 0 Å². The third-order valence-electron chi connectivity index (χ3n) is 2.66. The van der Waals surface area contributed by atoms with E-state index in [-0.39, 0.29) is 0 Å². The fourth-order valence-electron chi connectivity index (χ4n) is 1.72. The molecular weight excluding hydrogens is 244 g/mol. The van der Waals surface area contributed by atoms with E-state index in [2.05, 4.69) is 33.3 Å².